The maximum atomic E-state index is 12.4. The van der Waals surface area contributed by atoms with Gasteiger partial charge in [-0.1, -0.05) is 36.7 Å². The average Bonchev–Trinajstić information content (AvgIpc) is 2.24. The molecule has 0 bridgehead atoms. The van der Waals surface area contributed by atoms with Crippen LogP contribution >= 0.6 is 15.9 Å². The average molecular weight is 350 g/mol. The number of carbonyl (C=O) groups excluding carboxylic acids is 2. The molecule has 0 spiro atoms. The van der Waals surface area contributed by atoms with Crippen molar-refractivity contribution in [3.05, 3.63) is 11.3 Å². The van der Waals surface area contributed by atoms with Gasteiger partial charge in [-0.25, -0.2) is 8.42 Å². The van der Waals surface area contributed by atoms with E-state index in [4.69, 9.17) is 0 Å². The van der Waals surface area contributed by atoms with Gasteiger partial charge in [0.05, 0.1) is 11.4 Å². The highest BCUT2D eigenvalue weighted by atomic mass is 79.9. The third kappa shape index (κ3) is 2.07. The molecule has 1 fully saturated rings. The van der Waals surface area contributed by atoms with Gasteiger partial charge in [-0.05, 0) is 12.5 Å². The number of rotatable bonds is 1. The molecule has 19 heavy (non-hydrogen) atoms. The maximum absolute atomic E-state index is 12.4. The topological polar surface area (TPSA) is 71.5 Å². The van der Waals surface area contributed by atoms with Crippen molar-refractivity contribution in [3.8, 4) is 0 Å². The summed E-state index contributed by atoms with van der Waals surface area (Å²) >= 11 is 3.09. The zero-order valence-electron chi connectivity index (χ0n) is 11.2. The minimum absolute atomic E-state index is 0.166. The van der Waals surface area contributed by atoms with Crippen LogP contribution in [0.4, 0.5) is 0 Å². The van der Waals surface area contributed by atoms with Crippen molar-refractivity contribution < 1.29 is 18.0 Å². The van der Waals surface area contributed by atoms with E-state index in [-0.39, 0.29) is 23.1 Å². The number of halogens is 1. The summed E-state index contributed by atoms with van der Waals surface area (Å²) in [5.41, 5.74) is 0.0527. The van der Waals surface area contributed by atoms with Crippen LogP contribution in [0, 0.1) is 5.41 Å². The number of β-lactam (4-membered cyclic amide) rings is 1. The molecule has 106 valence electrons. The molecule has 0 unspecified atom stereocenters. The number of amides is 1. The highest BCUT2D eigenvalue weighted by molar-refractivity contribution is 9.10. The van der Waals surface area contributed by atoms with Gasteiger partial charge in [0.25, 0.3) is 0 Å². The number of hydrogen-bond acceptors (Lipinski definition) is 4. The Morgan fingerprint density at radius 2 is 1.89 bits per heavy atom. The predicted molar refractivity (Wildman–Crippen MR) is 74.3 cm³/mol. The smallest absolute Gasteiger partial charge is 0.245 e. The summed E-state index contributed by atoms with van der Waals surface area (Å²) in [7, 11) is -3.42. The molecule has 7 heteroatoms. The summed E-state index contributed by atoms with van der Waals surface area (Å²) in [5, 5.41) is -0.940. The van der Waals surface area contributed by atoms with Crippen LogP contribution in [0.5, 0.6) is 0 Å². The summed E-state index contributed by atoms with van der Waals surface area (Å²) in [6.07, 6.45) is 0. The molecule has 0 aromatic heterocycles. The van der Waals surface area contributed by atoms with Crippen LogP contribution in [-0.4, -0.2) is 41.0 Å². The van der Waals surface area contributed by atoms with Gasteiger partial charge in [-0.15, -0.1) is 0 Å². The van der Waals surface area contributed by atoms with Gasteiger partial charge in [0.15, 0.2) is 21.0 Å². The quantitative estimate of drug-likeness (QED) is 0.527. The molecule has 0 aromatic rings. The fraction of sp³-hybridized carbons (Fsp3) is 0.667. The lowest BCUT2D eigenvalue weighted by Crippen LogP contribution is -2.68. The lowest BCUT2D eigenvalue weighted by atomic mass is 9.86. The Kier molecular flexibility index (Phi) is 3.21. The Bertz CT molecular complexity index is 600. The number of hydrogen-bond donors (Lipinski definition) is 0. The van der Waals surface area contributed by atoms with Crippen molar-refractivity contribution in [1.82, 2.24) is 4.90 Å². The molecule has 2 atom stereocenters. The molecular formula is C12H16BrNO4S. The number of nitrogens with zero attached hydrogens (tertiary/aromatic N) is 1. The largest absolute Gasteiger partial charge is 0.292 e. The highest BCUT2D eigenvalue weighted by Gasteiger charge is 2.58. The first-order valence-electron chi connectivity index (χ1n) is 5.92. The first-order chi connectivity index (χ1) is 8.48. The number of sulfone groups is 1. The van der Waals surface area contributed by atoms with Crippen molar-refractivity contribution >= 4 is 37.5 Å². The van der Waals surface area contributed by atoms with Crippen LogP contribution in [0.1, 0.15) is 27.7 Å². The Labute approximate surface area is 121 Å². The molecule has 0 aromatic carbocycles. The summed E-state index contributed by atoms with van der Waals surface area (Å²) in [6.45, 7) is 6.86. The van der Waals surface area contributed by atoms with Crippen molar-refractivity contribution in [1.29, 1.82) is 0 Å². The number of ketones is 1. The second kappa shape index (κ2) is 4.15. The second-order valence-corrected chi connectivity index (χ2v) is 9.10. The van der Waals surface area contributed by atoms with Crippen molar-refractivity contribution in [3.63, 3.8) is 0 Å². The van der Waals surface area contributed by atoms with Crippen LogP contribution in [0.2, 0.25) is 0 Å². The summed E-state index contributed by atoms with van der Waals surface area (Å²) in [4.78, 5) is 24.7. The van der Waals surface area contributed by atoms with E-state index in [0.29, 0.717) is 5.57 Å². The van der Waals surface area contributed by atoms with Crippen LogP contribution in [0.15, 0.2) is 11.3 Å². The van der Waals surface area contributed by atoms with E-state index >= 15 is 0 Å². The normalized spacial score (nSPS) is 29.9. The fourth-order valence-corrected chi connectivity index (χ4v) is 5.69. The summed E-state index contributed by atoms with van der Waals surface area (Å²) in [5.74, 6) is -0.723. The molecule has 2 rings (SSSR count). The molecule has 0 N–H and O–H groups in total. The number of alkyl halides is 1. The van der Waals surface area contributed by atoms with Gasteiger partial charge in [-0.3, -0.25) is 14.5 Å². The van der Waals surface area contributed by atoms with Crippen molar-refractivity contribution in [2.24, 2.45) is 5.41 Å². The zero-order chi connectivity index (χ0) is 14.7. The monoisotopic (exact) mass is 349 g/mol. The molecule has 2 aliphatic heterocycles. The van der Waals surface area contributed by atoms with Crippen LogP contribution in [0.3, 0.4) is 0 Å². The molecule has 5 nitrogen and oxygen atoms in total. The van der Waals surface area contributed by atoms with Crippen LogP contribution < -0.4 is 0 Å². The van der Waals surface area contributed by atoms with Gasteiger partial charge < -0.3 is 0 Å². The van der Waals surface area contributed by atoms with Crippen molar-refractivity contribution in [2.75, 3.05) is 5.75 Å². The van der Waals surface area contributed by atoms with Gasteiger partial charge in [0.2, 0.25) is 5.91 Å². The summed E-state index contributed by atoms with van der Waals surface area (Å²) in [6, 6.07) is 0. The number of allylic oxidation sites excluding steroid dienone is 1. The van der Waals surface area contributed by atoms with E-state index in [1.54, 1.807) is 27.7 Å². The zero-order valence-corrected chi connectivity index (χ0v) is 13.6. The second-order valence-electron chi connectivity index (χ2n) is 6.02. The van der Waals surface area contributed by atoms with Gasteiger partial charge in [-0.2, -0.15) is 0 Å². The molecule has 2 heterocycles. The molecule has 0 aliphatic carbocycles. The SMILES string of the molecule is CC1=C(C(=O)C(C)(C)C)N2C(=O)[C@H](Br)[C@H]2S(=O)(=O)C1. The number of Topliss-reactive ketones (excluding diaryl/α,β-unsaturated/α-hetero) is 1. The highest BCUT2D eigenvalue weighted by Crippen LogP contribution is 2.41. The van der Waals surface area contributed by atoms with Gasteiger partial charge in [0, 0.05) is 5.41 Å². The number of fused-ring (bicyclic) bond motifs is 1. The molecule has 0 radical (unpaired) electrons. The fourth-order valence-electron chi connectivity index (χ4n) is 2.33. The molecule has 1 amide bonds. The summed E-state index contributed by atoms with van der Waals surface area (Å²) < 4.78 is 24.1. The third-order valence-electron chi connectivity index (χ3n) is 3.31. The van der Waals surface area contributed by atoms with E-state index in [0.717, 1.165) is 4.90 Å². The first kappa shape index (κ1) is 14.7. The van der Waals surface area contributed by atoms with E-state index in [1.165, 1.54) is 0 Å². The molecular weight excluding hydrogens is 334 g/mol. The lowest BCUT2D eigenvalue weighted by Gasteiger charge is -2.48. The van der Waals surface area contributed by atoms with E-state index in [2.05, 4.69) is 15.9 Å². The molecule has 1 saturated heterocycles. The van der Waals surface area contributed by atoms with Crippen LogP contribution in [0.25, 0.3) is 0 Å². The van der Waals surface area contributed by atoms with Crippen LogP contribution in [-0.2, 0) is 19.4 Å². The van der Waals surface area contributed by atoms with E-state index < -0.39 is 25.5 Å². The van der Waals surface area contributed by atoms with E-state index in [1.807, 2.05) is 0 Å². The van der Waals surface area contributed by atoms with Gasteiger partial charge in [0.1, 0.15) is 4.83 Å². The standard InChI is InChI=1S/C12H16BrNO4S/c1-6-5-19(17,18)11-7(13)10(16)14(11)8(6)9(15)12(2,3)4/h7,11H,5H2,1-4H3/t7-,11+/m0/s1. The minimum atomic E-state index is -3.42. The maximum Gasteiger partial charge on any atom is 0.245 e. The predicted octanol–water partition coefficient (Wildman–Crippen LogP) is 1.24. The Balaban J connectivity index is 2.55. The minimum Gasteiger partial charge on any atom is -0.292 e. The Hall–Kier alpha value is -0.690. The van der Waals surface area contributed by atoms with E-state index in [9.17, 15) is 18.0 Å². The molecule has 2 aliphatic rings. The first-order valence-corrected chi connectivity index (χ1v) is 8.55. The third-order valence-corrected chi connectivity index (χ3v) is 6.60. The Morgan fingerprint density at radius 1 is 1.37 bits per heavy atom. The van der Waals surface area contributed by atoms with Crippen molar-refractivity contribution in [2.45, 2.75) is 37.9 Å². The number of carbonyl (C=O) groups is 2. The molecule has 0 saturated carbocycles. The lowest BCUT2D eigenvalue weighted by molar-refractivity contribution is -0.141. The van der Waals surface area contributed by atoms with Gasteiger partial charge >= 0.3 is 0 Å². The Morgan fingerprint density at radius 3 is 2.37 bits per heavy atom.